The Bertz CT molecular complexity index is 485. The Balaban J connectivity index is 2.55. The fourth-order valence-electron chi connectivity index (χ4n) is 1.46. The number of ether oxygens (including phenoxy) is 2. The number of amides is 1. The van der Waals surface area contributed by atoms with Crippen LogP contribution in [0, 0.1) is 11.3 Å². The average Bonchev–Trinajstić information content (AvgIpc) is 2.36. The second-order valence-electron chi connectivity index (χ2n) is 3.96. The first-order valence-corrected chi connectivity index (χ1v) is 6.05. The molecule has 1 aromatic carbocycles. The highest BCUT2D eigenvalue weighted by atomic mass is 35.5. The van der Waals surface area contributed by atoms with Crippen LogP contribution in [0.3, 0.4) is 0 Å². The molecule has 6 heteroatoms. The van der Waals surface area contributed by atoms with Crippen molar-refractivity contribution in [3.8, 4) is 11.8 Å². The molecule has 0 heterocycles. The van der Waals surface area contributed by atoms with Crippen LogP contribution < -0.4 is 10.1 Å². The number of halogens is 1. The molecule has 1 unspecified atom stereocenters. The molecular formula is C13H15ClN2O3. The van der Waals surface area contributed by atoms with Gasteiger partial charge in [0.05, 0.1) is 12.2 Å². The van der Waals surface area contributed by atoms with Crippen LogP contribution in [0.1, 0.15) is 12.5 Å². The molecule has 1 N–H and O–H groups in total. The number of hydrogen-bond acceptors (Lipinski definition) is 4. The highest BCUT2D eigenvalue weighted by Crippen LogP contribution is 2.22. The number of nitrogens with one attached hydrogen (secondary N) is 1. The van der Waals surface area contributed by atoms with Gasteiger partial charge >= 0.3 is 0 Å². The van der Waals surface area contributed by atoms with Crippen molar-refractivity contribution in [2.24, 2.45) is 0 Å². The van der Waals surface area contributed by atoms with Crippen LogP contribution in [0.5, 0.6) is 5.75 Å². The van der Waals surface area contributed by atoms with E-state index < -0.39 is 0 Å². The molecule has 0 radical (unpaired) electrons. The largest absolute Gasteiger partial charge is 0.482 e. The number of carbonyl (C=O) groups is 1. The molecule has 19 heavy (non-hydrogen) atoms. The summed E-state index contributed by atoms with van der Waals surface area (Å²) in [7, 11) is 1.56. The number of hydrogen-bond donors (Lipinski definition) is 1. The van der Waals surface area contributed by atoms with Crippen LogP contribution in [-0.2, 0) is 9.53 Å². The Hall–Kier alpha value is -1.77. The lowest BCUT2D eigenvalue weighted by molar-refractivity contribution is -0.124. The van der Waals surface area contributed by atoms with Gasteiger partial charge < -0.3 is 14.8 Å². The maximum Gasteiger partial charge on any atom is 0.258 e. The van der Waals surface area contributed by atoms with E-state index in [1.165, 1.54) is 6.07 Å². The molecule has 5 nitrogen and oxygen atoms in total. The summed E-state index contributed by atoms with van der Waals surface area (Å²) in [5.74, 6) is 0.0120. The van der Waals surface area contributed by atoms with Gasteiger partial charge in [0.15, 0.2) is 6.61 Å². The van der Waals surface area contributed by atoms with E-state index in [-0.39, 0.29) is 18.6 Å². The minimum Gasteiger partial charge on any atom is -0.482 e. The van der Waals surface area contributed by atoms with Crippen LogP contribution in [0.2, 0.25) is 5.02 Å². The van der Waals surface area contributed by atoms with Gasteiger partial charge in [0.25, 0.3) is 5.91 Å². The van der Waals surface area contributed by atoms with Gasteiger partial charge in [0.2, 0.25) is 0 Å². The molecular weight excluding hydrogens is 268 g/mol. The van der Waals surface area contributed by atoms with Crippen molar-refractivity contribution in [1.29, 1.82) is 5.26 Å². The van der Waals surface area contributed by atoms with Crippen LogP contribution in [0.15, 0.2) is 18.2 Å². The first-order chi connectivity index (χ1) is 9.06. The van der Waals surface area contributed by atoms with Crippen LogP contribution in [0.25, 0.3) is 0 Å². The number of rotatable bonds is 6. The van der Waals surface area contributed by atoms with Gasteiger partial charge in [-0.3, -0.25) is 4.79 Å². The monoisotopic (exact) mass is 282 g/mol. The van der Waals surface area contributed by atoms with Crippen molar-refractivity contribution < 1.29 is 14.3 Å². The average molecular weight is 283 g/mol. The van der Waals surface area contributed by atoms with Crippen molar-refractivity contribution in [2.75, 3.05) is 20.3 Å². The number of nitriles is 1. The number of nitrogens with zero attached hydrogens (tertiary/aromatic N) is 1. The van der Waals surface area contributed by atoms with Gasteiger partial charge in [-0.05, 0) is 19.1 Å². The molecule has 1 aromatic rings. The molecule has 0 spiro atoms. The Labute approximate surface area is 117 Å². The van der Waals surface area contributed by atoms with E-state index in [2.05, 4.69) is 5.32 Å². The van der Waals surface area contributed by atoms with Crippen molar-refractivity contribution in [3.05, 3.63) is 28.8 Å². The summed E-state index contributed by atoms with van der Waals surface area (Å²) >= 11 is 5.81. The molecule has 0 aliphatic rings. The Morgan fingerprint density at radius 2 is 2.32 bits per heavy atom. The van der Waals surface area contributed by atoms with Gasteiger partial charge in [-0.15, -0.1) is 0 Å². The van der Waals surface area contributed by atoms with Crippen LogP contribution in [0.4, 0.5) is 0 Å². The zero-order valence-corrected chi connectivity index (χ0v) is 11.5. The van der Waals surface area contributed by atoms with Crippen molar-refractivity contribution >= 4 is 17.5 Å². The summed E-state index contributed by atoms with van der Waals surface area (Å²) in [5.41, 5.74) is 0.335. The summed E-state index contributed by atoms with van der Waals surface area (Å²) in [6, 6.07) is 6.51. The molecule has 0 aliphatic heterocycles. The van der Waals surface area contributed by atoms with Crippen LogP contribution in [-0.4, -0.2) is 32.3 Å². The zero-order chi connectivity index (χ0) is 14.3. The van der Waals surface area contributed by atoms with Gasteiger partial charge in [-0.25, -0.2) is 0 Å². The molecule has 1 amide bonds. The molecule has 0 bridgehead atoms. The first kappa shape index (κ1) is 15.3. The van der Waals surface area contributed by atoms with E-state index in [9.17, 15) is 4.79 Å². The molecule has 0 saturated heterocycles. The third-order valence-electron chi connectivity index (χ3n) is 2.25. The number of methoxy groups -OCH3 is 1. The Morgan fingerprint density at radius 3 is 2.95 bits per heavy atom. The first-order valence-electron chi connectivity index (χ1n) is 5.67. The molecule has 1 atom stereocenters. The molecule has 0 fully saturated rings. The molecule has 1 rings (SSSR count). The van der Waals surface area contributed by atoms with Crippen molar-refractivity contribution in [3.63, 3.8) is 0 Å². The van der Waals surface area contributed by atoms with E-state index in [4.69, 9.17) is 26.3 Å². The molecule has 0 aromatic heterocycles. The van der Waals surface area contributed by atoms with Gasteiger partial charge in [-0.1, -0.05) is 11.6 Å². The lowest BCUT2D eigenvalue weighted by Gasteiger charge is -2.13. The summed E-state index contributed by atoms with van der Waals surface area (Å²) < 4.78 is 10.2. The third-order valence-corrected chi connectivity index (χ3v) is 2.48. The lowest BCUT2D eigenvalue weighted by Crippen LogP contribution is -2.38. The lowest BCUT2D eigenvalue weighted by atomic mass is 10.2. The Kier molecular flexibility index (Phi) is 6.13. The SMILES string of the molecule is COCC(C)NC(=O)COc1cc(Cl)ccc1C#N. The summed E-state index contributed by atoms with van der Waals surface area (Å²) in [6.07, 6.45) is 0. The molecule has 0 saturated carbocycles. The number of benzene rings is 1. The normalized spacial score (nSPS) is 11.5. The molecule has 0 aliphatic carbocycles. The summed E-state index contributed by atoms with van der Waals surface area (Å²) in [5, 5.41) is 12.0. The molecule has 102 valence electrons. The van der Waals surface area contributed by atoms with Crippen molar-refractivity contribution in [2.45, 2.75) is 13.0 Å². The standard InChI is InChI=1S/C13H15ClN2O3/c1-9(7-18-2)16-13(17)8-19-12-5-11(14)4-3-10(12)6-15/h3-5,9H,7-8H2,1-2H3,(H,16,17). The van der Waals surface area contributed by atoms with Gasteiger partial charge in [-0.2, -0.15) is 5.26 Å². The van der Waals surface area contributed by atoms with Gasteiger partial charge in [0.1, 0.15) is 11.8 Å². The highest BCUT2D eigenvalue weighted by Gasteiger charge is 2.10. The van der Waals surface area contributed by atoms with Gasteiger partial charge in [0, 0.05) is 24.2 Å². The predicted octanol–water partition coefficient (Wildman–Crippen LogP) is 1.74. The minimum absolute atomic E-state index is 0.101. The van der Waals surface area contributed by atoms with Crippen LogP contribution >= 0.6 is 11.6 Å². The van der Waals surface area contributed by atoms with E-state index in [1.54, 1.807) is 19.2 Å². The second kappa shape index (κ2) is 7.62. The fourth-order valence-corrected chi connectivity index (χ4v) is 1.62. The van der Waals surface area contributed by atoms with E-state index >= 15 is 0 Å². The maximum absolute atomic E-state index is 11.6. The van der Waals surface area contributed by atoms with Crippen molar-refractivity contribution in [1.82, 2.24) is 5.32 Å². The maximum atomic E-state index is 11.6. The summed E-state index contributed by atoms with van der Waals surface area (Å²) in [4.78, 5) is 11.6. The highest BCUT2D eigenvalue weighted by molar-refractivity contribution is 6.30. The topological polar surface area (TPSA) is 71.3 Å². The summed E-state index contributed by atoms with van der Waals surface area (Å²) in [6.45, 7) is 2.07. The Morgan fingerprint density at radius 1 is 1.58 bits per heavy atom. The predicted molar refractivity (Wildman–Crippen MR) is 71.1 cm³/mol. The quantitative estimate of drug-likeness (QED) is 0.863. The van der Waals surface area contributed by atoms with E-state index in [0.29, 0.717) is 22.9 Å². The fraction of sp³-hybridized carbons (Fsp3) is 0.385. The van der Waals surface area contributed by atoms with E-state index in [1.807, 2.05) is 13.0 Å². The van der Waals surface area contributed by atoms with E-state index in [0.717, 1.165) is 0 Å². The zero-order valence-electron chi connectivity index (χ0n) is 10.8. The number of carbonyl (C=O) groups excluding carboxylic acids is 1. The minimum atomic E-state index is -0.284. The third kappa shape index (κ3) is 5.16. The second-order valence-corrected chi connectivity index (χ2v) is 4.40. The smallest absolute Gasteiger partial charge is 0.258 e.